The zero-order chi connectivity index (χ0) is 24.9. The highest BCUT2D eigenvalue weighted by Crippen LogP contribution is 2.46. The monoisotopic (exact) mass is 495 g/mol. The second kappa shape index (κ2) is 8.57. The molecule has 7 nitrogen and oxygen atoms in total. The van der Waals surface area contributed by atoms with Gasteiger partial charge in [0.2, 0.25) is 0 Å². The third kappa shape index (κ3) is 4.20. The Labute approximate surface area is 206 Å². The molecule has 0 amide bonds. The standard InChI is InChI=1S/C25H24ClF2N7/c1-14-7-15(10-30-23(14)34-11-19(26)31-13-34)8-20-32-22(29-4)21-24(33-20)35(12-25(21,2)3)16-5-6-17(27)18(28)9-16/h5-7,9-11,13H,8,12H2,1-4H3,(H,29,32,33). The van der Waals surface area contributed by atoms with Crippen LogP contribution in [0.1, 0.15) is 36.4 Å². The molecule has 0 saturated heterocycles. The number of aryl methyl sites for hydroxylation is 1. The van der Waals surface area contributed by atoms with Crippen LogP contribution in [0.15, 0.2) is 43.0 Å². The second-order valence-corrected chi connectivity index (χ2v) is 9.66. The maximum Gasteiger partial charge on any atom is 0.160 e. The summed E-state index contributed by atoms with van der Waals surface area (Å²) in [4.78, 5) is 20.2. The first-order valence-corrected chi connectivity index (χ1v) is 11.5. The first kappa shape index (κ1) is 23.2. The third-order valence-corrected chi connectivity index (χ3v) is 6.33. The van der Waals surface area contributed by atoms with Gasteiger partial charge in [0, 0.05) is 55.1 Å². The number of benzene rings is 1. The highest BCUT2D eigenvalue weighted by molar-refractivity contribution is 6.29. The van der Waals surface area contributed by atoms with Gasteiger partial charge in [-0.3, -0.25) is 4.57 Å². The lowest BCUT2D eigenvalue weighted by molar-refractivity contribution is 0.508. The van der Waals surface area contributed by atoms with Gasteiger partial charge in [0.25, 0.3) is 0 Å². The van der Waals surface area contributed by atoms with E-state index in [1.165, 1.54) is 6.07 Å². The van der Waals surface area contributed by atoms with Gasteiger partial charge in [-0.15, -0.1) is 0 Å². The maximum absolute atomic E-state index is 14.0. The molecule has 1 aromatic carbocycles. The molecule has 3 aromatic heterocycles. The number of nitrogens with zero attached hydrogens (tertiary/aromatic N) is 6. The Morgan fingerprint density at radius 2 is 1.89 bits per heavy atom. The van der Waals surface area contributed by atoms with E-state index in [9.17, 15) is 8.78 Å². The Kier molecular flexibility index (Phi) is 5.67. The Bertz CT molecular complexity index is 1430. The summed E-state index contributed by atoms with van der Waals surface area (Å²) in [7, 11) is 1.82. The van der Waals surface area contributed by atoms with Crippen molar-refractivity contribution >= 4 is 28.9 Å². The predicted octanol–water partition coefficient (Wildman–Crippen LogP) is 5.36. The first-order chi connectivity index (χ1) is 16.7. The molecule has 0 atom stereocenters. The van der Waals surface area contributed by atoms with Gasteiger partial charge >= 0.3 is 0 Å². The van der Waals surface area contributed by atoms with Gasteiger partial charge in [-0.2, -0.15) is 0 Å². The molecule has 0 aliphatic carbocycles. The second-order valence-electron chi connectivity index (χ2n) is 9.27. The van der Waals surface area contributed by atoms with Gasteiger partial charge in [-0.1, -0.05) is 31.5 Å². The lowest BCUT2D eigenvalue weighted by Gasteiger charge is -2.22. The molecule has 1 aliphatic rings. The number of fused-ring (bicyclic) bond motifs is 1. The number of aromatic nitrogens is 5. The summed E-state index contributed by atoms with van der Waals surface area (Å²) in [5.74, 6) is 0.969. The van der Waals surface area contributed by atoms with E-state index in [0.717, 1.165) is 34.4 Å². The fraction of sp³-hybridized carbons (Fsp3) is 0.280. The average molecular weight is 496 g/mol. The zero-order valence-electron chi connectivity index (χ0n) is 19.8. The largest absolute Gasteiger partial charge is 0.373 e. The molecule has 0 fully saturated rings. The SMILES string of the molecule is CNc1nc(Cc2cnc(-n3cnc(Cl)c3)c(C)c2)nc2c1C(C)(C)CN2c1ccc(F)c(F)c1. The van der Waals surface area contributed by atoms with E-state index in [1.807, 2.05) is 24.9 Å². The fourth-order valence-electron chi connectivity index (χ4n) is 4.58. The summed E-state index contributed by atoms with van der Waals surface area (Å²) in [6.07, 6.45) is 5.55. The maximum atomic E-state index is 14.0. The molecule has 35 heavy (non-hydrogen) atoms. The highest BCUT2D eigenvalue weighted by Gasteiger charge is 2.40. The molecule has 0 radical (unpaired) electrons. The first-order valence-electron chi connectivity index (χ1n) is 11.1. The van der Waals surface area contributed by atoms with E-state index in [-0.39, 0.29) is 5.41 Å². The zero-order valence-corrected chi connectivity index (χ0v) is 20.5. The molecule has 1 aliphatic heterocycles. The van der Waals surface area contributed by atoms with Crippen LogP contribution >= 0.6 is 11.6 Å². The van der Waals surface area contributed by atoms with Crippen LogP contribution in [0.4, 0.5) is 26.1 Å². The number of halogens is 3. The topological polar surface area (TPSA) is 71.8 Å². The molecule has 4 heterocycles. The van der Waals surface area contributed by atoms with E-state index in [4.69, 9.17) is 21.6 Å². The van der Waals surface area contributed by atoms with Crippen molar-refractivity contribution < 1.29 is 8.78 Å². The molecule has 5 rings (SSSR count). The molecule has 0 spiro atoms. The average Bonchev–Trinajstić information content (AvgIpc) is 3.35. The number of hydrogen-bond acceptors (Lipinski definition) is 6. The van der Waals surface area contributed by atoms with Gasteiger partial charge in [-0.25, -0.2) is 28.7 Å². The fourth-order valence-corrected chi connectivity index (χ4v) is 4.73. The predicted molar refractivity (Wildman–Crippen MR) is 132 cm³/mol. The number of pyridine rings is 1. The number of anilines is 3. The number of imidazole rings is 1. The van der Waals surface area contributed by atoms with Crippen LogP contribution < -0.4 is 10.2 Å². The van der Waals surface area contributed by atoms with E-state index >= 15 is 0 Å². The smallest absolute Gasteiger partial charge is 0.160 e. The van der Waals surface area contributed by atoms with Crippen LogP contribution in [0.5, 0.6) is 0 Å². The van der Waals surface area contributed by atoms with Crippen LogP contribution in [0.2, 0.25) is 5.15 Å². The minimum atomic E-state index is -0.891. The molecule has 0 bridgehead atoms. The van der Waals surface area contributed by atoms with Gasteiger partial charge in [-0.05, 0) is 30.2 Å². The molecular weight excluding hydrogens is 472 g/mol. The highest BCUT2D eigenvalue weighted by atomic mass is 35.5. The van der Waals surface area contributed by atoms with Crippen molar-refractivity contribution in [2.75, 3.05) is 23.8 Å². The molecule has 0 saturated carbocycles. The summed E-state index contributed by atoms with van der Waals surface area (Å²) in [6, 6.07) is 5.94. The number of rotatable bonds is 5. The normalized spacial score (nSPS) is 14.3. The van der Waals surface area contributed by atoms with Crippen LogP contribution in [-0.2, 0) is 11.8 Å². The van der Waals surface area contributed by atoms with Crippen LogP contribution in [-0.4, -0.2) is 38.1 Å². The summed E-state index contributed by atoms with van der Waals surface area (Å²) in [5.41, 5.74) is 3.08. The Hall–Kier alpha value is -3.59. The van der Waals surface area contributed by atoms with Crippen LogP contribution in [0.25, 0.3) is 5.82 Å². The molecule has 4 aromatic rings. The van der Waals surface area contributed by atoms with Crippen molar-refractivity contribution in [1.82, 2.24) is 24.5 Å². The Morgan fingerprint density at radius 3 is 2.54 bits per heavy atom. The minimum Gasteiger partial charge on any atom is -0.373 e. The molecule has 180 valence electrons. The van der Waals surface area contributed by atoms with Crippen molar-refractivity contribution in [2.24, 2.45) is 0 Å². The van der Waals surface area contributed by atoms with Crippen molar-refractivity contribution in [3.05, 3.63) is 82.3 Å². The third-order valence-electron chi connectivity index (χ3n) is 6.14. The van der Waals surface area contributed by atoms with E-state index < -0.39 is 11.6 Å². The summed E-state index contributed by atoms with van der Waals surface area (Å²) in [6.45, 7) is 6.70. The lowest BCUT2D eigenvalue weighted by atomic mass is 9.88. The van der Waals surface area contributed by atoms with Gasteiger partial charge in [0.1, 0.15) is 34.8 Å². The van der Waals surface area contributed by atoms with E-state index in [2.05, 4.69) is 29.1 Å². The molecule has 0 unspecified atom stereocenters. The Morgan fingerprint density at radius 1 is 1.09 bits per heavy atom. The number of nitrogens with one attached hydrogen (secondary N) is 1. The Balaban J connectivity index is 1.53. The van der Waals surface area contributed by atoms with Gasteiger partial charge < -0.3 is 10.2 Å². The van der Waals surface area contributed by atoms with E-state index in [0.29, 0.717) is 35.4 Å². The minimum absolute atomic E-state index is 0.303. The summed E-state index contributed by atoms with van der Waals surface area (Å²) < 4.78 is 29.4. The van der Waals surface area contributed by atoms with Crippen molar-refractivity contribution in [2.45, 2.75) is 32.6 Å². The van der Waals surface area contributed by atoms with E-state index in [1.54, 1.807) is 29.4 Å². The van der Waals surface area contributed by atoms with Gasteiger partial charge in [0.05, 0.1) is 0 Å². The molecule has 10 heteroatoms. The number of hydrogen-bond donors (Lipinski definition) is 1. The molecule has 1 N–H and O–H groups in total. The molecular formula is C25H24ClF2N7. The van der Waals surface area contributed by atoms with Crippen LogP contribution in [0, 0.1) is 18.6 Å². The quantitative estimate of drug-likeness (QED) is 0.402. The van der Waals surface area contributed by atoms with Gasteiger partial charge in [0.15, 0.2) is 11.6 Å². The summed E-state index contributed by atoms with van der Waals surface area (Å²) in [5, 5.41) is 3.59. The van der Waals surface area contributed by atoms with Crippen molar-refractivity contribution in [1.29, 1.82) is 0 Å². The van der Waals surface area contributed by atoms with Crippen molar-refractivity contribution in [3.63, 3.8) is 0 Å². The summed E-state index contributed by atoms with van der Waals surface area (Å²) >= 11 is 5.94. The van der Waals surface area contributed by atoms with Crippen molar-refractivity contribution in [3.8, 4) is 5.82 Å². The lowest BCUT2D eigenvalue weighted by Crippen LogP contribution is -2.25. The van der Waals surface area contributed by atoms with Crippen LogP contribution in [0.3, 0.4) is 0 Å².